The van der Waals surface area contributed by atoms with Gasteiger partial charge in [-0.05, 0) is 18.2 Å². The van der Waals surface area contributed by atoms with Crippen molar-refractivity contribution in [1.29, 1.82) is 0 Å². The summed E-state index contributed by atoms with van der Waals surface area (Å²) in [7, 11) is 0. The third-order valence-electron chi connectivity index (χ3n) is 1.41. The molecule has 0 bridgehead atoms. The highest BCUT2D eigenvalue weighted by Gasteiger charge is 2.06. The van der Waals surface area contributed by atoms with Crippen molar-refractivity contribution in [3.05, 3.63) is 35.4 Å². The Kier molecular flexibility index (Phi) is 2.74. The highest BCUT2D eigenvalue weighted by Crippen LogP contribution is 2.23. The van der Waals surface area contributed by atoms with E-state index < -0.39 is 17.4 Å². The molecule has 0 unspecified atom stereocenters. The van der Waals surface area contributed by atoms with Gasteiger partial charge < -0.3 is 5.11 Å². The first-order chi connectivity index (χ1) is 6.15. The molecule has 1 aromatic rings. The largest absolute Gasteiger partial charge is 0.504 e. The van der Waals surface area contributed by atoms with Crippen LogP contribution < -0.4 is 0 Å². The van der Waals surface area contributed by atoms with Crippen molar-refractivity contribution < 1.29 is 18.7 Å². The van der Waals surface area contributed by atoms with Gasteiger partial charge in [-0.3, -0.25) is 4.79 Å². The quantitative estimate of drug-likeness (QED) is 0.562. The van der Waals surface area contributed by atoms with Crippen LogP contribution in [0, 0.1) is 11.6 Å². The van der Waals surface area contributed by atoms with E-state index in [-0.39, 0.29) is 5.56 Å². The zero-order valence-corrected chi connectivity index (χ0v) is 6.50. The molecule has 4 heteroatoms. The lowest BCUT2D eigenvalue weighted by atomic mass is 10.2. The molecule has 0 spiro atoms. The fourth-order valence-corrected chi connectivity index (χ4v) is 0.856. The van der Waals surface area contributed by atoms with Crippen molar-refractivity contribution in [1.82, 2.24) is 0 Å². The maximum absolute atomic E-state index is 12.7. The minimum absolute atomic E-state index is 0.0652. The van der Waals surface area contributed by atoms with Gasteiger partial charge in [0.05, 0.1) is 0 Å². The molecule has 68 valence electrons. The van der Waals surface area contributed by atoms with Crippen molar-refractivity contribution >= 4 is 12.4 Å². The molecule has 1 rings (SSSR count). The molecule has 13 heavy (non-hydrogen) atoms. The van der Waals surface area contributed by atoms with Crippen molar-refractivity contribution in [2.75, 3.05) is 0 Å². The second kappa shape index (κ2) is 3.80. The number of carbonyl (C=O) groups excluding carboxylic acids is 1. The first-order valence-corrected chi connectivity index (χ1v) is 3.45. The van der Waals surface area contributed by atoms with Crippen LogP contribution in [0.15, 0.2) is 18.2 Å². The normalized spacial score (nSPS) is 10.6. The number of aromatic hydroxyl groups is 1. The summed E-state index contributed by atoms with van der Waals surface area (Å²) in [6.45, 7) is 0. The number of allylic oxidation sites excluding steroid dienone is 1. The van der Waals surface area contributed by atoms with Crippen LogP contribution in [0.25, 0.3) is 6.08 Å². The van der Waals surface area contributed by atoms with Crippen LogP contribution in [0.3, 0.4) is 0 Å². The summed E-state index contributed by atoms with van der Waals surface area (Å²) < 4.78 is 25.2. The van der Waals surface area contributed by atoms with E-state index in [4.69, 9.17) is 5.11 Å². The molecule has 0 fully saturated rings. The summed E-state index contributed by atoms with van der Waals surface area (Å²) >= 11 is 0. The summed E-state index contributed by atoms with van der Waals surface area (Å²) in [6, 6.07) is 1.49. The Morgan fingerprint density at radius 3 is 2.62 bits per heavy atom. The molecule has 0 aromatic heterocycles. The van der Waals surface area contributed by atoms with Crippen molar-refractivity contribution in [3.8, 4) is 5.75 Å². The molecule has 0 heterocycles. The van der Waals surface area contributed by atoms with E-state index in [1.807, 2.05) is 0 Å². The van der Waals surface area contributed by atoms with Crippen LogP contribution in [0.2, 0.25) is 0 Å². The van der Waals surface area contributed by atoms with Gasteiger partial charge >= 0.3 is 0 Å². The van der Waals surface area contributed by atoms with E-state index in [0.29, 0.717) is 12.4 Å². The van der Waals surface area contributed by atoms with Gasteiger partial charge in [0.25, 0.3) is 0 Å². The summed E-state index contributed by atoms with van der Waals surface area (Å²) in [4.78, 5) is 9.90. The number of hydrogen-bond acceptors (Lipinski definition) is 2. The fourth-order valence-electron chi connectivity index (χ4n) is 0.856. The van der Waals surface area contributed by atoms with Crippen LogP contribution in [-0.2, 0) is 4.79 Å². The average molecular weight is 184 g/mol. The van der Waals surface area contributed by atoms with Crippen LogP contribution in [-0.4, -0.2) is 11.4 Å². The van der Waals surface area contributed by atoms with Gasteiger partial charge in [0.15, 0.2) is 11.6 Å². The van der Waals surface area contributed by atoms with Crippen LogP contribution in [0.1, 0.15) is 5.56 Å². The van der Waals surface area contributed by atoms with Crippen molar-refractivity contribution in [2.45, 2.75) is 0 Å². The SMILES string of the molecule is O=CC=Cc1cc(F)cc(F)c1O. The molecule has 0 atom stereocenters. The Morgan fingerprint density at radius 1 is 1.31 bits per heavy atom. The van der Waals surface area contributed by atoms with E-state index in [2.05, 4.69) is 0 Å². The molecular formula is C9H6F2O2. The molecule has 1 aromatic carbocycles. The monoisotopic (exact) mass is 184 g/mol. The minimum atomic E-state index is -1.05. The van der Waals surface area contributed by atoms with Crippen molar-refractivity contribution in [2.24, 2.45) is 0 Å². The predicted molar refractivity (Wildman–Crippen MR) is 43.1 cm³/mol. The molecule has 0 aliphatic rings. The van der Waals surface area contributed by atoms with E-state index in [9.17, 15) is 13.6 Å². The lowest BCUT2D eigenvalue weighted by molar-refractivity contribution is -0.104. The molecule has 1 N–H and O–H groups in total. The first-order valence-electron chi connectivity index (χ1n) is 3.45. The van der Waals surface area contributed by atoms with Crippen LogP contribution in [0.5, 0.6) is 5.75 Å². The number of aldehydes is 1. The van der Waals surface area contributed by atoms with E-state index >= 15 is 0 Å². The number of hydrogen-bond donors (Lipinski definition) is 1. The summed E-state index contributed by atoms with van der Waals surface area (Å²) in [6.07, 6.45) is 2.60. The molecule has 0 saturated carbocycles. The molecule has 0 amide bonds. The maximum atomic E-state index is 12.7. The van der Waals surface area contributed by atoms with Gasteiger partial charge in [-0.2, -0.15) is 0 Å². The molecule has 0 aliphatic heterocycles. The number of phenols is 1. The minimum Gasteiger partial charge on any atom is -0.504 e. The standard InChI is InChI=1S/C9H6F2O2/c10-7-4-6(2-1-3-12)9(13)8(11)5-7/h1-5,13H. The van der Waals surface area contributed by atoms with Crippen LogP contribution in [0.4, 0.5) is 8.78 Å². The zero-order valence-electron chi connectivity index (χ0n) is 6.50. The lowest BCUT2D eigenvalue weighted by Gasteiger charge is -1.99. The summed E-state index contributed by atoms with van der Waals surface area (Å²) in [5.74, 6) is -2.52. The van der Waals surface area contributed by atoms with Crippen LogP contribution >= 0.6 is 0 Å². The fraction of sp³-hybridized carbons (Fsp3) is 0. The van der Waals surface area contributed by atoms with E-state index in [0.717, 1.165) is 18.2 Å². The number of benzene rings is 1. The maximum Gasteiger partial charge on any atom is 0.168 e. The Hall–Kier alpha value is -1.71. The molecule has 2 nitrogen and oxygen atoms in total. The second-order valence-corrected chi connectivity index (χ2v) is 2.32. The van der Waals surface area contributed by atoms with Gasteiger partial charge in [0.2, 0.25) is 0 Å². The van der Waals surface area contributed by atoms with Gasteiger partial charge in [-0.15, -0.1) is 0 Å². The molecule has 0 aliphatic carbocycles. The zero-order chi connectivity index (χ0) is 9.84. The van der Waals surface area contributed by atoms with Gasteiger partial charge in [0, 0.05) is 11.6 Å². The Labute approximate surface area is 73.1 Å². The first kappa shape index (κ1) is 9.38. The summed E-state index contributed by atoms with van der Waals surface area (Å²) in [5, 5.41) is 9.04. The lowest BCUT2D eigenvalue weighted by Crippen LogP contribution is -1.84. The smallest absolute Gasteiger partial charge is 0.168 e. The molecule has 0 radical (unpaired) electrons. The average Bonchev–Trinajstić information content (AvgIpc) is 2.09. The predicted octanol–water partition coefficient (Wildman–Crippen LogP) is 1.88. The molecular weight excluding hydrogens is 178 g/mol. The number of halogens is 2. The highest BCUT2D eigenvalue weighted by molar-refractivity contribution is 5.75. The summed E-state index contributed by atoms with van der Waals surface area (Å²) in [5.41, 5.74) is -0.0652. The number of carbonyl (C=O) groups is 1. The van der Waals surface area contributed by atoms with Gasteiger partial charge in [-0.1, -0.05) is 0 Å². The number of rotatable bonds is 2. The van der Waals surface area contributed by atoms with Gasteiger partial charge in [0.1, 0.15) is 12.1 Å². The second-order valence-electron chi connectivity index (χ2n) is 2.32. The third kappa shape index (κ3) is 2.11. The third-order valence-corrected chi connectivity index (χ3v) is 1.41. The Morgan fingerprint density at radius 2 is 2.00 bits per heavy atom. The molecule has 0 saturated heterocycles. The highest BCUT2D eigenvalue weighted by atomic mass is 19.1. The Bertz CT molecular complexity index is 359. The number of phenolic OH excluding ortho intramolecular Hbond substituents is 1. The topological polar surface area (TPSA) is 37.3 Å². The Balaban J connectivity index is 3.19. The van der Waals surface area contributed by atoms with Crippen molar-refractivity contribution in [3.63, 3.8) is 0 Å². The van der Waals surface area contributed by atoms with Gasteiger partial charge in [-0.25, -0.2) is 8.78 Å². The van der Waals surface area contributed by atoms with E-state index in [1.165, 1.54) is 0 Å². The van der Waals surface area contributed by atoms with E-state index in [1.54, 1.807) is 0 Å².